The van der Waals surface area contributed by atoms with Crippen LogP contribution < -0.4 is 0 Å². The summed E-state index contributed by atoms with van der Waals surface area (Å²) in [6.07, 6.45) is 19.2. The van der Waals surface area contributed by atoms with E-state index in [2.05, 4.69) is 56.5 Å². The summed E-state index contributed by atoms with van der Waals surface area (Å²) >= 11 is 0. The Balaban J connectivity index is 1.63. The van der Waals surface area contributed by atoms with Gasteiger partial charge in [-0.1, -0.05) is 30.4 Å². The molecule has 106 valence electrons. The lowest BCUT2D eigenvalue weighted by molar-refractivity contribution is 0.305. The molecule has 2 aliphatic heterocycles. The van der Waals surface area contributed by atoms with Crippen LogP contribution in [0.3, 0.4) is 0 Å². The standard InChI is InChI=1S/C16H16N4O/c1-2-7-14-12(5-1)9-15(16-19-18-11-21-16)20(14)10-13-6-3-4-8-17-13/h1-5,7-9,11-14H,6,10H2. The van der Waals surface area contributed by atoms with Crippen LogP contribution in [-0.4, -0.2) is 39.9 Å². The monoisotopic (exact) mass is 280 g/mol. The Morgan fingerprint density at radius 2 is 2.19 bits per heavy atom. The normalized spacial score (nSPS) is 29.8. The van der Waals surface area contributed by atoms with Gasteiger partial charge < -0.3 is 9.32 Å². The van der Waals surface area contributed by atoms with Crippen molar-refractivity contribution in [3.8, 4) is 0 Å². The van der Waals surface area contributed by atoms with E-state index in [-0.39, 0.29) is 6.04 Å². The quantitative estimate of drug-likeness (QED) is 0.852. The number of fused-ring (bicyclic) bond motifs is 1. The van der Waals surface area contributed by atoms with E-state index in [0.717, 1.165) is 18.7 Å². The van der Waals surface area contributed by atoms with Crippen LogP contribution >= 0.6 is 0 Å². The molecule has 0 saturated carbocycles. The summed E-state index contributed by atoms with van der Waals surface area (Å²) in [6, 6.07) is 0.595. The SMILES string of the molecule is C1=CCC(CN2C(c3nnco3)=CC3C=CC=CC32)N=C1. The van der Waals surface area contributed by atoms with Crippen LogP contribution in [0.25, 0.3) is 5.70 Å². The molecule has 3 atom stereocenters. The Hall–Kier alpha value is -2.43. The molecule has 4 rings (SSSR count). The Kier molecular flexibility index (Phi) is 3.03. The van der Waals surface area contributed by atoms with E-state index in [0.29, 0.717) is 17.9 Å². The van der Waals surface area contributed by atoms with Gasteiger partial charge in [0, 0.05) is 18.7 Å². The number of allylic oxidation sites excluding steroid dienone is 3. The highest BCUT2D eigenvalue weighted by Crippen LogP contribution is 2.36. The van der Waals surface area contributed by atoms with Gasteiger partial charge in [0.2, 0.25) is 6.39 Å². The summed E-state index contributed by atoms with van der Waals surface area (Å²) in [5, 5.41) is 7.88. The van der Waals surface area contributed by atoms with Crippen LogP contribution in [-0.2, 0) is 0 Å². The molecule has 5 nitrogen and oxygen atoms in total. The fourth-order valence-corrected chi connectivity index (χ4v) is 3.09. The average Bonchev–Trinajstić information content (AvgIpc) is 3.16. The topological polar surface area (TPSA) is 54.5 Å². The van der Waals surface area contributed by atoms with Crippen LogP contribution in [0, 0.1) is 5.92 Å². The molecule has 0 radical (unpaired) electrons. The van der Waals surface area contributed by atoms with Crippen molar-refractivity contribution in [1.29, 1.82) is 0 Å². The highest BCUT2D eigenvalue weighted by molar-refractivity contribution is 5.72. The Morgan fingerprint density at radius 1 is 1.24 bits per heavy atom. The van der Waals surface area contributed by atoms with Crippen molar-refractivity contribution in [1.82, 2.24) is 15.1 Å². The Morgan fingerprint density at radius 3 is 3.00 bits per heavy atom. The van der Waals surface area contributed by atoms with Gasteiger partial charge in [-0.15, -0.1) is 10.2 Å². The predicted octanol–water partition coefficient (Wildman–Crippen LogP) is 2.24. The molecule has 0 amide bonds. The van der Waals surface area contributed by atoms with Crippen LogP contribution in [0.15, 0.2) is 58.3 Å². The first kappa shape index (κ1) is 12.3. The van der Waals surface area contributed by atoms with E-state index in [1.165, 1.54) is 6.39 Å². The molecule has 0 N–H and O–H groups in total. The zero-order chi connectivity index (χ0) is 14.1. The predicted molar refractivity (Wildman–Crippen MR) is 80.6 cm³/mol. The van der Waals surface area contributed by atoms with Gasteiger partial charge in [0.05, 0.1) is 17.8 Å². The van der Waals surface area contributed by atoms with Crippen LogP contribution in [0.4, 0.5) is 0 Å². The van der Waals surface area contributed by atoms with Crippen molar-refractivity contribution in [2.75, 3.05) is 6.54 Å². The molecule has 21 heavy (non-hydrogen) atoms. The largest absolute Gasteiger partial charge is 0.422 e. The number of dihydropyridines is 1. The zero-order valence-corrected chi connectivity index (χ0v) is 11.5. The van der Waals surface area contributed by atoms with Crippen molar-refractivity contribution in [2.24, 2.45) is 10.9 Å². The van der Waals surface area contributed by atoms with Gasteiger partial charge in [0.25, 0.3) is 5.89 Å². The highest BCUT2D eigenvalue weighted by atomic mass is 16.4. The van der Waals surface area contributed by atoms with E-state index in [4.69, 9.17) is 4.42 Å². The number of nitrogens with zero attached hydrogens (tertiary/aromatic N) is 4. The molecule has 1 aromatic rings. The highest BCUT2D eigenvalue weighted by Gasteiger charge is 2.35. The smallest absolute Gasteiger partial charge is 0.263 e. The maximum atomic E-state index is 5.41. The second-order valence-electron chi connectivity index (χ2n) is 5.40. The number of aromatic nitrogens is 2. The van der Waals surface area contributed by atoms with Gasteiger partial charge in [0.15, 0.2) is 0 Å². The summed E-state index contributed by atoms with van der Waals surface area (Å²) in [5.41, 5.74) is 1.02. The molecular weight excluding hydrogens is 264 g/mol. The average molecular weight is 280 g/mol. The van der Waals surface area contributed by atoms with Crippen LogP contribution in [0.5, 0.6) is 0 Å². The number of hydrogen-bond acceptors (Lipinski definition) is 5. The minimum atomic E-state index is 0.277. The minimum absolute atomic E-state index is 0.277. The van der Waals surface area contributed by atoms with Crippen molar-refractivity contribution < 1.29 is 4.42 Å². The van der Waals surface area contributed by atoms with E-state index >= 15 is 0 Å². The first-order valence-corrected chi connectivity index (χ1v) is 7.20. The first-order chi connectivity index (χ1) is 10.4. The number of rotatable bonds is 3. The summed E-state index contributed by atoms with van der Waals surface area (Å²) in [7, 11) is 0. The fourth-order valence-electron chi connectivity index (χ4n) is 3.09. The third kappa shape index (κ3) is 2.24. The first-order valence-electron chi connectivity index (χ1n) is 7.20. The van der Waals surface area contributed by atoms with Gasteiger partial charge in [-0.3, -0.25) is 4.99 Å². The molecule has 0 spiro atoms. The lowest BCUT2D eigenvalue weighted by atomic mass is 9.97. The zero-order valence-electron chi connectivity index (χ0n) is 11.5. The van der Waals surface area contributed by atoms with Gasteiger partial charge in [-0.25, -0.2) is 0 Å². The van der Waals surface area contributed by atoms with E-state index in [1.54, 1.807) is 0 Å². The lowest BCUT2D eigenvalue weighted by Crippen LogP contribution is -2.37. The molecular formula is C16H16N4O. The molecule has 3 unspecified atom stereocenters. The van der Waals surface area contributed by atoms with Crippen LogP contribution in [0.1, 0.15) is 12.3 Å². The van der Waals surface area contributed by atoms with Gasteiger partial charge in [0.1, 0.15) is 0 Å². The fraction of sp³-hybridized carbons (Fsp3) is 0.312. The van der Waals surface area contributed by atoms with Crippen molar-refractivity contribution in [3.63, 3.8) is 0 Å². The third-order valence-electron chi connectivity index (χ3n) is 4.08. The number of hydrogen-bond donors (Lipinski definition) is 0. The van der Waals surface area contributed by atoms with Crippen molar-refractivity contribution >= 4 is 11.9 Å². The molecule has 3 aliphatic rings. The summed E-state index contributed by atoms with van der Waals surface area (Å²) < 4.78 is 5.41. The van der Waals surface area contributed by atoms with Crippen molar-refractivity contribution in [2.45, 2.75) is 18.5 Å². The maximum Gasteiger partial charge on any atom is 0.263 e. The molecule has 1 aliphatic carbocycles. The van der Waals surface area contributed by atoms with E-state index < -0.39 is 0 Å². The number of aliphatic imine (C=N–C) groups is 1. The van der Waals surface area contributed by atoms with Gasteiger partial charge in [-0.2, -0.15) is 0 Å². The molecule has 5 heteroatoms. The maximum absolute atomic E-state index is 5.41. The summed E-state index contributed by atoms with van der Waals surface area (Å²) in [4.78, 5) is 6.89. The van der Waals surface area contributed by atoms with Gasteiger partial charge in [-0.05, 0) is 18.6 Å². The van der Waals surface area contributed by atoms with Crippen molar-refractivity contribution in [3.05, 3.63) is 54.8 Å². The molecule has 0 aromatic carbocycles. The molecule has 1 aromatic heterocycles. The van der Waals surface area contributed by atoms with Gasteiger partial charge >= 0.3 is 0 Å². The van der Waals surface area contributed by atoms with Crippen LogP contribution in [0.2, 0.25) is 0 Å². The van der Waals surface area contributed by atoms with E-state index in [1.807, 2.05) is 12.3 Å². The third-order valence-corrected chi connectivity index (χ3v) is 4.08. The Bertz CT molecular complexity index is 654. The molecule has 3 heterocycles. The lowest BCUT2D eigenvalue weighted by Gasteiger charge is -2.32. The Labute approximate surface area is 123 Å². The summed E-state index contributed by atoms with van der Waals surface area (Å²) in [5.74, 6) is 0.946. The van der Waals surface area contributed by atoms with E-state index in [9.17, 15) is 0 Å². The molecule has 0 bridgehead atoms. The molecule has 0 fully saturated rings. The second kappa shape index (κ2) is 5.16. The minimum Gasteiger partial charge on any atom is -0.422 e. The molecule has 0 saturated heterocycles. The summed E-state index contributed by atoms with van der Waals surface area (Å²) in [6.45, 7) is 0.856. The second-order valence-corrected chi connectivity index (χ2v) is 5.40.